The first-order chi connectivity index (χ1) is 18.4. The van der Waals surface area contributed by atoms with E-state index < -0.39 is 41.4 Å². The molecular formula is C32H44FNO6. The molecule has 8 heteroatoms. The van der Waals surface area contributed by atoms with Crippen LogP contribution in [0, 0.1) is 0 Å². The van der Waals surface area contributed by atoms with E-state index in [1.54, 1.807) is 20.8 Å². The molecule has 1 amide bonds. The molecule has 220 valence electrons. The highest BCUT2D eigenvalue weighted by Crippen LogP contribution is 2.25. The maximum atomic E-state index is 14.8. The molecule has 0 spiro atoms. The van der Waals surface area contributed by atoms with Crippen LogP contribution in [0.1, 0.15) is 78.5 Å². The number of amides is 1. The zero-order valence-electron chi connectivity index (χ0n) is 25.2. The summed E-state index contributed by atoms with van der Waals surface area (Å²) >= 11 is 0. The minimum Gasteiger partial charge on any atom is -0.458 e. The van der Waals surface area contributed by atoms with Crippen molar-refractivity contribution in [1.82, 2.24) is 4.90 Å². The molecule has 2 rings (SSSR count). The number of esters is 2. The molecule has 0 N–H and O–H groups in total. The van der Waals surface area contributed by atoms with Crippen molar-refractivity contribution in [1.29, 1.82) is 0 Å². The van der Waals surface area contributed by atoms with Crippen molar-refractivity contribution in [2.75, 3.05) is 7.05 Å². The van der Waals surface area contributed by atoms with Gasteiger partial charge in [0.05, 0.1) is 0 Å². The summed E-state index contributed by atoms with van der Waals surface area (Å²) in [5.41, 5.74) is -0.0549. The maximum absolute atomic E-state index is 14.8. The third-order valence-corrected chi connectivity index (χ3v) is 6.09. The van der Waals surface area contributed by atoms with E-state index >= 15 is 0 Å². The van der Waals surface area contributed by atoms with Crippen molar-refractivity contribution in [3.8, 4) is 0 Å². The zero-order valence-corrected chi connectivity index (χ0v) is 25.2. The van der Waals surface area contributed by atoms with E-state index in [-0.39, 0.29) is 24.9 Å². The summed E-state index contributed by atoms with van der Waals surface area (Å²) in [6, 6.07) is 15.5. The molecule has 40 heavy (non-hydrogen) atoms. The van der Waals surface area contributed by atoms with Gasteiger partial charge >= 0.3 is 18.0 Å². The van der Waals surface area contributed by atoms with Gasteiger partial charge in [0.15, 0.2) is 0 Å². The molecule has 0 fully saturated rings. The Bertz CT molecular complexity index is 1130. The molecule has 7 nitrogen and oxygen atoms in total. The number of nitrogens with zero attached hydrogens (tertiary/aromatic N) is 1. The van der Waals surface area contributed by atoms with Gasteiger partial charge in [-0.1, -0.05) is 75.4 Å². The summed E-state index contributed by atoms with van der Waals surface area (Å²) in [4.78, 5) is 40.4. The number of hydrogen-bond acceptors (Lipinski definition) is 6. The topological polar surface area (TPSA) is 82.1 Å². The molecule has 2 aromatic carbocycles. The molecule has 0 aromatic heterocycles. The van der Waals surface area contributed by atoms with Gasteiger partial charge in [0.25, 0.3) is 0 Å². The van der Waals surface area contributed by atoms with Gasteiger partial charge in [-0.25, -0.2) is 18.8 Å². The van der Waals surface area contributed by atoms with E-state index in [0.29, 0.717) is 0 Å². The SMILES string of the molecule is CN(C(=O)OC(C)(C)C)C(CC(C)(C)F)C(=O)OC(Cc1ccc(C(C)(C)C)cc1)C(=O)OCc1ccccc1. The van der Waals surface area contributed by atoms with Crippen LogP contribution >= 0.6 is 0 Å². The van der Waals surface area contributed by atoms with Gasteiger partial charge in [-0.15, -0.1) is 0 Å². The van der Waals surface area contributed by atoms with Gasteiger partial charge in [0, 0.05) is 19.9 Å². The molecule has 2 aromatic rings. The molecular weight excluding hydrogens is 513 g/mol. The monoisotopic (exact) mass is 557 g/mol. The molecule has 0 aliphatic rings. The lowest BCUT2D eigenvalue weighted by molar-refractivity contribution is -0.172. The Labute approximate surface area is 238 Å². The predicted octanol–water partition coefficient (Wildman–Crippen LogP) is 6.56. The third kappa shape index (κ3) is 11.0. The summed E-state index contributed by atoms with van der Waals surface area (Å²) in [6.07, 6.45) is -2.42. The molecule has 0 aliphatic carbocycles. The van der Waals surface area contributed by atoms with Crippen molar-refractivity contribution in [3.63, 3.8) is 0 Å². The van der Waals surface area contributed by atoms with Crippen molar-refractivity contribution in [2.24, 2.45) is 0 Å². The predicted molar refractivity (Wildman–Crippen MR) is 153 cm³/mol. The third-order valence-electron chi connectivity index (χ3n) is 6.09. The van der Waals surface area contributed by atoms with E-state index in [4.69, 9.17) is 14.2 Å². The fraction of sp³-hybridized carbons (Fsp3) is 0.531. The second-order valence-electron chi connectivity index (χ2n) is 12.7. The van der Waals surface area contributed by atoms with E-state index in [1.165, 1.54) is 20.9 Å². The van der Waals surface area contributed by atoms with Crippen molar-refractivity contribution >= 4 is 18.0 Å². The lowest BCUT2D eigenvalue weighted by atomic mass is 9.86. The van der Waals surface area contributed by atoms with Crippen LogP contribution in [0.15, 0.2) is 54.6 Å². The Kier molecular flexibility index (Phi) is 10.9. The van der Waals surface area contributed by atoms with E-state index in [1.807, 2.05) is 54.6 Å². The van der Waals surface area contributed by atoms with Crippen LogP contribution in [-0.2, 0) is 42.2 Å². The summed E-state index contributed by atoms with van der Waals surface area (Å²) in [6.45, 7) is 14.0. The first-order valence-corrected chi connectivity index (χ1v) is 13.5. The summed E-state index contributed by atoms with van der Waals surface area (Å²) in [5, 5.41) is 0. The van der Waals surface area contributed by atoms with Gasteiger partial charge in [0.1, 0.15) is 23.9 Å². The molecule has 0 radical (unpaired) electrons. The van der Waals surface area contributed by atoms with Crippen LogP contribution in [0.2, 0.25) is 0 Å². The second kappa shape index (κ2) is 13.3. The number of hydrogen-bond donors (Lipinski definition) is 0. The van der Waals surface area contributed by atoms with Crippen LogP contribution in [0.4, 0.5) is 9.18 Å². The highest BCUT2D eigenvalue weighted by Gasteiger charge is 2.38. The van der Waals surface area contributed by atoms with Crippen molar-refractivity contribution < 1.29 is 33.0 Å². The van der Waals surface area contributed by atoms with Gasteiger partial charge in [-0.2, -0.15) is 0 Å². The number of carbonyl (C=O) groups excluding carboxylic acids is 3. The Morgan fingerprint density at radius 1 is 0.825 bits per heavy atom. The second-order valence-corrected chi connectivity index (χ2v) is 12.7. The lowest BCUT2D eigenvalue weighted by Gasteiger charge is -2.32. The van der Waals surface area contributed by atoms with Gasteiger partial charge in [0.2, 0.25) is 6.10 Å². The van der Waals surface area contributed by atoms with Crippen LogP contribution < -0.4 is 0 Å². The summed E-state index contributed by atoms with van der Waals surface area (Å²) in [7, 11) is 1.35. The normalized spacial score (nSPS) is 13.7. The lowest BCUT2D eigenvalue weighted by Crippen LogP contribution is -2.49. The zero-order chi connectivity index (χ0) is 30.3. The minimum atomic E-state index is -1.81. The number of rotatable bonds is 10. The molecule has 0 saturated heterocycles. The molecule has 0 heterocycles. The first kappa shape index (κ1) is 32.8. The quantitative estimate of drug-likeness (QED) is 0.243. The van der Waals surface area contributed by atoms with Crippen molar-refractivity contribution in [2.45, 2.75) is 104 Å². The number of alkyl halides is 1. The van der Waals surface area contributed by atoms with E-state index in [2.05, 4.69) is 20.8 Å². The van der Waals surface area contributed by atoms with Crippen molar-refractivity contribution in [3.05, 3.63) is 71.3 Å². The Hall–Kier alpha value is -3.42. The number of carbonyl (C=O) groups is 3. The van der Waals surface area contributed by atoms with Gasteiger partial charge in [-0.3, -0.25) is 4.90 Å². The molecule has 2 unspecified atom stereocenters. The fourth-order valence-corrected chi connectivity index (χ4v) is 3.87. The number of ether oxygens (including phenoxy) is 3. The summed E-state index contributed by atoms with van der Waals surface area (Å²) < 4.78 is 31.3. The van der Waals surface area contributed by atoms with Gasteiger partial charge in [-0.05, 0) is 56.7 Å². The first-order valence-electron chi connectivity index (χ1n) is 13.5. The highest BCUT2D eigenvalue weighted by atomic mass is 19.1. The fourth-order valence-electron chi connectivity index (χ4n) is 3.87. The average Bonchev–Trinajstić information content (AvgIpc) is 2.83. The Morgan fingerprint density at radius 2 is 1.40 bits per heavy atom. The van der Waals surface area contributed by atoms with E-state index in [9.17, 15) is 18.8 Å². The van der Waals surface area contributed by atoms with Crippen LogP contribution in [0.5, 0.6) is 0 Å². The molecule has 0 bridgehead atoms. The summed E-state index contributed by atoms with van der Waals surface area (Å²) in [5.74, 6) is -1.66. The maximum Gasteiger partial charge on any atom is 0.410 e. The number of benzene rings is 2. The highest BCUT2D eigenvalue weighted by molar-refractivity contribution is 5.85. The molecule has 0 saturated carbocycles. The standard InChI is InChI=1S/C32H44FNO6/c1-30(2,3)24-17-15-22(16-18-24)19-26(28(36)38-21-23-13-11-10-12-14-23)39-27(35)25(20-32(7,8)33)34(9)29(37)40-31(4,5)6/h10-18,25-26H,19-21H2,1-9H3. The van der Waals surface area contributed by atoms with Crippen LogP contribution in [-0.4, -0.2) is 53.4 Å². The minimum absolute atomic E-state index is 0.00453. The van der Waals surface area contributed by atoms with E-state index in [0.717, 1.165) is 21.6 Å². The largest absolute Gasteiger partial charge is 0.458 e. The Balaban J connectivity index is 2.32. The van der Waals surface area contributed by atoms with Gasteiger partial charge < -0.3 is 14.2 Å². The Morgan fingerprint density at radius 3 is 1.90 bits per heavy atom. The van der Waals surface area contributed by atoms with Crippen LogP contribution in [0.3, 0.4) is 0 Å². The molecule has 0 aliphatic heterocycles. The average molecular weight is 558 g/mol. The number of halogens is 1. The smallest absolute Gasteiger partial charge is 0.410 e. The van der Waals surface area contributed by atoms with Crippen LogP contribution in [0.25, 0.3) is 0 Å². The number of likely N-dealkylation sites (N-methyl/N-ethyl adjacent to an activating group) is 1. The molecule has 2 atom stereocenters.